The maximum atomic E-state index is 11.1. The average molecular weight is 251 g/mol. The lowest BCUT2D eigenvalue weighted by Crippen LogP contribution is -1.87. The molecule has 0 aliphatic carbocycles. The van der Waals surface area contributed by atoms with Crippen LogP contribution in [0.2, 0.25) is 5.15 Å². The molecule has 1 N–H and O–H groups in total. The van der Waals surface area contributed by atoms with Gasteiger partial charge in [-0.1, -0.05) is 11.6 Å². The number of fused-ring (bicyclic) bond motifs is 1. The van der Waals surface area contributed by atoms with Crippen molar-refractivity contribution in [1.82, 2.24) is 9.97 Å². The van der Waals surface area contributed by atoms with Crippen LogP contribution in [0.3, 0.4) is 0 Å². The number of pyridine rings is 1. The molecule has 0 aliphatic heterocycles. The molecule has 0 radical (unpaired) electrons. The van der Waals surface area contributed by atoms with Gasteiger partial charge in [-0.15, -0.1) is 0 Å². The van der Waals surface area contributed by atoms with Gasteiger partial charge in [0.2, 0.25) is 0 Å². The Morgan fingerprint density at radius 1 is 1.36 bits per heavy atom. The van der Waals surface area contributed by atoms with E-state index in [2.05, 4.69) is 9.97 Å². The van der Waals surface area contributed by atoms with Gasteiger partial charge in [0, 0.05) is 22.3 Å². The highest BCUT2D eigenvalue weighted by Crippen LogP contribution is 2.25. The van der Waals surface area contributed by atoms with Crippen molar-refractivity contribution >= 4 is 42.4 Å². The van der Waals surface area contributed by atoms with Gasteiger partial charge in [-0.3, -0.25) is 0 Å². The summed E-state index contributed by atoms with van der Waals surface area (Å²) in [6, 6.07) is 3.06. The molecule has 4 nitrogen and oxygen atoms in total. The molecule has 2 heterocycles. The predicted octanol–water partition coefficient (Wildman–Crippen LogP) is 2.14. The quantitative estimate of drug-likeness (QED) is 0.623. The molecule has 7 heteroatoms. The first kappa shape index (κ1) is 9.76. The van der Waals surface area contributed by atoms with Crippen LogP contribution < -0.4 is 0 Å². The third-order valence-corrected chi connectivity index (χ3v) is 3.30. The van der Waals surface area contributed by atoms with Gasteiger partial charge in [-0.2, -0.15) is 0 Å². The summed E-state index contributed by atoms with van der Waals surface area (Å²) in [7, 11) is 1.47. The first-order chi connectivity index (χ1) is 6.48. The zero-order valence-corrected chi connectivity index (χ0v) is 8.99. The van der Waals surface area contributed by atoms with E-state index >= 15 is 0 Å². The topological polar surface area (TPSA) is 62.8 Å². The maximum absolute atomic E-state index is 11.1. The van der Waals surface area contributed by atoms with Crippen LogP contribution in [0.4, 0.5) is 0 Å². The Morgan fingerprint density at radius 3 is 2.71 bits per heavy atom. The van der Waals surface area contributed by atoms with Crippen LogP contribution in [0.25, 0.3) is 11.0 Å². The van der Waals surface area contributed by atoms with Gasteiger partial charge in [0.25, 0.3) is 9.05 Å². The summed E-state index contributed by atoms with van der Waals surface area (Å²) in [5, 5.41) is 0.724. The molecule has 14 heavy (non-hydrogen) atoms. The molecule has 2 rings (SSSR count). The van der Waals surface area contributed by atoms with E-state index in [1.54, 1.807) is 6.07 Å². The molecule has 0 unspecified atom stereocenters. The van der Waals surface area contributed by atoms with E-state index in [4.69, 9.17) is 22.3 Å². The molecule has 0 saturated heterocycles. The highest BCUT2D eigenvalue weighted by molar-refractivity contribution is 8.14. The molecular weight excluding hydrogens is 247 g/mol. The summed E-state index contributed by atoms with van der Waals surface area (Å²) in [4.78, 5) is 6.59. The fourth-order valence-electron chi connectivity index (χ4n) is 1.16. The zero-order valence-electron chi connectivity index (χ0n) is 6.66. The van der Waals surface area contributed by atoms with Crippen molar-refractivity contribution in [3.63, 3.8) is 0 Å². The Kier molecular flexibility index (Phi) is 2.17. The number of halogens is 2. The number of hydrogen-bond acceptors (Lipinski definition) is 3. The van der Waals surface area contributed by atoms with Crippen molar-refractivity contribution in [3.05, 3.63) is 23.5 Å². The number of rotatable bonds is 1. The monoisotopic (exact) mass is 250 g/mol. The molecule has 0 spiro atoms. The molecule has 0 saturated carbocycles. The third kappa shape index (κ3) is 1.58. The fourth-order valence-corrected chi connectivity index (χ4v) is 2.32. The molecule has 0 aliphatic rings. The van der Waals surface area contributed by atoms with Crippen molar-refractivity contribution in [1.29, 1.82) is 0 Å². The molecule has 0 fully saturated rings. The first-order valence-corrected chi connectivity index (χ1v) is 6.25. The van der Waals surface area contributed by atoms with E-state index in [-0.39, 0.29) is 10.0 Å². The maximum Gasteiger partial charge on any atom is 0.263 e. The van der Waals surface area contributed by atoms with Gasteiger partial charge in [0.05, 0.1) is 0 Å². The van der Waals surface area contributed by atoms with Crippen LogP contribution >= 0.6 is 22.3 Å². The van der Waals surface area contributed by atoms with Gasteiger partial charge in [0.15, 0.2) is 0 Å². The smallest absolute Gasteiger partial charge is 0.263 e. The van der Waals surface area contributed by atoms with Crippen LogP contribution in [0.1, 0.15) is 0 Å². The molecular formula is C7H4Cl2N2O2S. The SMILES string of the molecule is O=S(=O)(Cl)c1c[nH]c2nc(Cl)ccc12. The predicted molar refractivity (Wildman–Crippen MR) is 54.1 cm³/mol. The summed E-state index contributed by atoms with van der Waals surface area (Å²) in [6.07, 6.45) is 1.29. The van der Waals surface area contributed by atoms with Crippen LogP contribution in [-0.2, 0) is 9.05 Å². The summed E-state index contributed by atoms with van der Waals surface area (Å²) >= 11 is 5.63. The van der Waals surface area contributed by atoms with E-state index < -0.39 is 9.05 Å². The van der Waals surface area contributed by atoms with Gasteiger partial charge in [-0.05, 0) is 12.1 Å². The molecule has 0 aromatic carbocycles. The van der Waals surface area contributed by atoms with Crippen molar-refractivity contribution in [2.75, 3.05) is 0 Å². The standard InChI is InChI=1S/C7H4Cl2N2O2S/c8-6-2-1-4-5(14(9,12)13)3-10-7(4)11-6/h1-3H,(H,10,11). The Bertz CT molecular complexity index is 591. The van der Waals surface area contributed by atoms with Crippen molar-refractivity contribution in [3.8, 4) is 0 Å². The number of aromatic nitrogens is 2. The summed E-state index contributed by atoms with van der Waals surface area (Å²) in [5.41, 5.74) is 0.400. The third-order valence-electron chi connectivity index (χ3n) is 1.73. The Hall–Kier alpha value is -0.780. The number of nitrogens with one attached hydrogen (secondary N) is 1. The molecule has 0 bridgehead atoms. The second-order valence-electron chi connectivity index (χ2n) is 2.62. The van der Waals surface area contributed by atoms with Crippen LogP contribution in [0.15, 0.2) is 23.2 Å². The fraction of sp³-hybridized carbons (Fsp3) is 0. The van der Waals surface area contributed by atoms with Gasteiger partial charge >= 0.3 is 0 Å². The van der Waals surface area contributed by atoms with E-state index in [0.717, 1.165) is 0 Å². The Morgan fingerprint density at radius 2 is 2.07 bits per heavy atom. The van der Waals surface area contributed by atoms with E-state index in [9.17, 15) is 8.42 Å². The van der Waals surface area contributed by atoms with Crippen molar-refractivity contribution < 1.29 is 8.42 Å². The largest absolute Gasteiger partial charge is 0.345 e. The number of aromatic amines is 1. The molecule has 74 valence electrons. The van der Waals surface area contributed by atoms with Crippen LogP contribution in [0, 0.1) is 0 Å². The summed E-state index contributed by atoms with van der Waals surface area (Å²) < 4.78 is 22.2. The van der Waals surface area contributed by atoms with E-state index in [1.807, 2.05) is 0 Å². The Balaban J connectivity index is 2.83. The van der Waals surface area contributed by atoms with E-state index in [1.165, 1.54) is 12.3 Å². The number of H-pyrrole nitrogens is 1. The van der Waals surface area contributed by atoms with Gasteiger partial charge in [-0.25, -0.2) is 13.4 Å². The van der Waals surface area contributed by atoms with Crippen molar-refractivity contribution in [2.24, 2.45) is 0 Å². The second-order valence-corrected chi connectivity index (χ2v) is 5.54. The Labute approximate surface area is 89.3 Å². The second kappa shape index (κ2) is 3.12. The highest BCUT2D eigenvalue weighted by atomic mass is 35.7. The van der Waals surface area contributed by atoms with E-state index in [0.29, 0.717) is 11.0 Å². The van der Waals surface area contributed by atoms with Crippen molar-refractivity contribution in [2.45, 2.75) is 4.90 Å². The first-order valence-electron chi connectivity index (χ1n) is 3.57. The zero-order chi connectivity index (χ0) is 10.3. The lowest BCUT2D eigenvalue weighted by atomic mass is 10.3. The average Bonchev–Trinajstić information content (AvgIpc) is 2.45. The lowest BCUT2D eigenvalue weighted by Gasteiger charge is -1.92. The minimum absolute atomic E-state index is 0.0123. The van der Waals surface area contributed by atoms with Gasteiger partial charge in [0.1, 0.15) is 15.7 Å². The summed E-state index contributed by atoms with van der Waals surface area (Å²) in [6.45, 7) is 0. The normalized spacial score (nSPS) is 12.1. The minimum Gasteiger partial charge on any atom is -0.345 e. The molecule has 2 aromatic rings. The van der Waals surface area contributed by atoms with Crippen LogP contribution in [-0.4, -0.2) is 18.4 Å². The molecule has 0 amide bonds. The number of nitrogens with zero attached hydrogens (tertiary/aromatic N) is 1. The molecule has 2 aromatic heterocycles. The summed E-state index contributed by atoms with van der Waals surface area (Å²) in [5.74, 6) is 0. The molecule has 0 atom stereocenters. The van der Waals surface area contributed by atoms with Gasteiger partial charge < -0.3 is 4.98 Å². The lowest BCUT2D eigenvalue weighted by molar-refractivity contribution is 0.610. The number of hydrogen-bond donors (Lipinski definition) is 1. The highest BCUT2D eigenvalue weighted by Gasteiger charge is 2.16. The minimum atomic E-state index is -3.74. The van der Waals surface area contributed by atoms with Crippen LogP contribution in [0.5, 0.6) is 0 Å².